The molecule has 82 valence electrons. The van der Waals surface area contributed by atoms with Crippen molar-refractivity contribution in [3.8, 4) is 0 Å². The van der Waals surface area contributed by atoms with Crippen molar-refractivity contribution in [2.45, 2.75) is 31.7 Å². The summed E-state index contributed by atoms with van der Waals surface area (Å²) in [7, 11) is 0. The molecule has 1 aliphatic carbocycles. The fourth-order valence-corrected chi connectivity index (χ4v) is 2.59. The average Bonchev–Trinajstić information content (AvgIpc) is 2.94. The summed E-state index contributed by atoms with van der Waals surface area (Å²) in [6.45, 7) is 0. The van der Waals surface area contributed by atoms with Crippen molar-refractivity contribution in [3.05, 3.63) is 33.3 Å². The van der Waals surface area contributed by atoms with Gasteiger partial charge in [0.15, 0.2) is 0 Å². The third kappa shape index (κ3) is 3.47. The summed E-state index contributed by atoms with van der Waals surface area (Å²) in [6.07, 6.45) is 4.76. The molecule has 0 amide bonds. The molecule has 2 rings (SSSR count). The van der Waals surface area contributed by atoms with Crippen molar-refractivity contribution in [1.29, 1.82) is 0 Å². The van der Waals surface area contributed by atoms with Crippen molar-refractivity contribution in [3.63, 3.8) is 0 Å². The first kappa shape index (κ1) is 11.4. The van der Waals surface area contributed by atoms with E-state index in [-0.39, 0.29) is 6.04 Å². The van der Waals surface area contributed by atoms with E-state index in [1.54, 1.807) is 0 Å². The second-order valence-electron chi connectivity index (χ2n) is 4.38. The van der Waals surface area contributed by atoms with E-state index in [0.717, 1.165) is 33.8 Å². The largest absolute Gasteiger partial charge is 0.327 e. The third-order valence-corrected chi connectivity index (χ3v) is 3.68. The first-order valence-electron chi connectivity index (χ1n) is 5.34. The number of halogens is 2. The van der Waals surface area contributed by atoms with Crippen LogP contribution in [0.1, 0.15) is 24.8 Å². The molecule has 2 N–H and O–H groups in total. The minimum Gasteiger partial charge on any atom is -0.327 e. The summed E-state index contributed by atoms with van der Waals surface area (Å²) in [5.41, 5.74) is 7.24. The van der Waals surface area contributed by atoms with Crippen molar-refractivity contribution in [2.75, 3.05) is 0 Å². The first-order chi connectivity index (χ1) is 7.15. The van der Waals surface area contributed by atoms with Gasteiger partial charge in [0.2, 0.25) is 0 Å². The van der Waals surface area contributed by atoms with E-state index >= 15 is 0 Å². The number of hydrogen-bond donors (Lipinski definition) is 1. The minimum atomic E-state index is 0.260. The van der Waals surface area contributed by atoms with Crippen molar-refractivity contribution < 1.29 is 0 Å². The van der Waals surface area contributed by atoms with Crippen LogP contribution in [0.3, 0.4) is 0 Å². The lowest BCUT2D eigenvalue weighted by Gasteiger charge is -2.12. The maximum atomic E-state index is 6.14. The molecule has 0 heterocycles. The molecule has 1 atom stereocenters. The van der Waals surface area contributed by atoms with Gasteiger partial charge in [-0.1, -0.05) is 46.4 Å². The van der Waals surface area contributed by atoms with Gasteiger partial charge in [0.1, 0.15) is 0 Å². The standard InChI is InChI=1S/C12H15BrClN/c13-10-4-3-9(12(14)7-10)6-11(15)5-8-1-2-8/h3-4,7-8,11H,1-2,5-6,15H2. The van der Waals surface area contributed by atoms with Gasteiger partial charge in [-0.25, -0.2) is 0 Å². The Balaban J connectivity index is 1.96. The number of nitrogens with two attached hydrogens (primary N) is 1. The Morgan fingerprint density at radius 3 is 2.80 bits per heavy atom. The van der Waals surface area contributed by atoms with Crippen LogP contribution in [0.5, 0.6) is 0 Å². The van der Waals surface area contributed by atoms with E-state index in [0.29, 0.717) is 0 Å². The van der Waals surface area contributed by atoms with Crippen LogP contribution in [0.15, 0.2) is 22.7 Å². The minimum absolute atomic E-state index is 0.260. The molecule has 1 unspecified atom stereocenters. The van der Waals surface area contributed by atoms with Crippen LogP contribution in [0, 0.1) is 5.92 Å². The summed E-state index contributed by atoms with van der Waals surface area (Å²) < 4.78 is 1.02. The van der Waals surface area contributed by atoms with E-state index < -0.39 is 0 Å². The quantitative estimate of drug-likeness (QED) is 0.896. The molecule has 0 aromatic heterocycles. The van der Waals surface area contributed by atoms with Crippen LogP contribution in [0.4, 0.5) is 0 Å². The zero-order chi connectivity index (χ0) is 10.8. The Morgan fingerprint density at radius 1 is 1.47 bits per heavy atom. The average molecular weight is 289 g/mol. The molecular formula is C12H15BrClN. The van der Waals surface area contributed by atoms with Crippen LogP contribution in [-0.4, -0.2) is 6.04 Å². The molecular weight excluding hydrogens is 273 g/mol. The molecule has 0 saturated heterocycles. The van der Waals surface area contributed by atoms with Crippen molar-refractivity contribution in [2.24, 2.45) is 11.7 Å². The fraction of sp³-hybridized carbons (Fsp3) is 0.500. The fourth-order valence-electron chi connectivity index (χ4n) is 1.83. The normalized spacial score (nSPS) is 17.8. The predicted molar refractivity (Wildman–Crippen MR) is 68.2 cm³/mol. The van der Waals surface area contributed by atoms with Gasteiger partial charge < -0.3 is 5.73 Å². The molecule has 15 heavy (non-hydrogen) atoms. The van der Waals surface area contributed by atoms with E-state index in [2.05, 4.69) is 22.0 Å². The van der Waals surface area contributed by atoms with Gasteiger partial charge >= 0.3 is 0 Å². The summed E-state index contributed by atoms with van der Waals surface area (Å²) in [4.78, 5) is 0. The maximum Gasteiger partial charge on any atom is 0.0449 e. The van der Waals surface area contributed by atoms with E-state index in [1.165, 1.54) is 12.8 Å². The smallest absolute Gasteiger partial charge is 0.0449 e. The summed E-state index contributed by atoms with van der Waals surface area (Å²) in [5, 5.41) is 0.815. The zero-order valence-corrected chi connectivity index (χ0v) is 10.9. The monoisotopic (exact) mass is 287 g/mol. The lowest BCUT2D eigenvalue weighted by atomic mass is 10.0. The van der Waals surface area contributed by atoms with Crippen LogP contribution < -0.4 is 5.73 Å². The van der Waals surface area contributed by atoms with E-state index in [9.17, 15) is 0 Å². The Morgan fingerprint density at radius 2 is 2.20 bits per heavy atom. The van der Waals surface area contributed by atoms with Crippen LogP contribution >= 0.6 is 27.5 Å². The summed E-state index contributed by atoms with van der Waals surface area (Å²) >= 11 is 9.54. The molecule has 0 bridgehead atoms. The molecule has 0 aliphatic heterocycles. The van der Waals surface area contributed by atoms with Crippen molar-refractivity contribution in [1.82, 2.24) is 0 Å². The Labute approximate surface area is 104 Å². The van der Waals surface area contributed by atoms with Gasteiger partial charge in [-0.05, 0) is 36.5 Å². The zero-order valence-electron chi connectivity index (χ0n) is 8.55. The van der Waals surface area contributed by atoms with Gasteiger partial charge in [-0.3, -0.25) is 0 Å². The van der Waals surface area contributed by atoms with Gasteiger partial charge in [-0.2, -0.15) is 0 Å². The lowest BCUT2D eigenvalue weighted by molar-refractivity contribution is 0.566. The predicted octanol–water partition coefficient (Wildman–Crippen LogP) is 3.77. The van der Waals surface area contributed by atoms with Gasteiger partial charge in [0, 0.05) is 15.5 Å². The number of hydrogen-bond acceptors (Lipinski definition) is 1. The van der Waals surface area contributed by atoms with Crippen LogP contribution in [0.25, 0.3) is 0 Å². The summed E-state index contributed by atoms with van der Waals surface area (Å²) in [5.74, 6) is 0.884. The maximum absolute atomic E-state index is 6.14. The topological polar surface area (TPSA) is 26.0 Å². The molecule has 0 radical (unpaired) electrons. The number of rotatable bonds is 4. The van der Waals surface area contributed by atoms with Crippen LogP contribution in [-0.2, 0) is 6.42 Å². The molecule has 3 heteroatoms. The SMILES string of the molecule is NC(Cc1ccc(Br)cc1Cl)CC1CC1. The van der Waals surface area contributed by atoms with Gasteiger partial charge in [-0.15, -0.1) is 0 Å². The second-order valence-corrected chi connectivity index (χ2v) is 5.70. The molecule has 1 nitrogen and oxygen atoms in total. The second kappa shape index (κ2) is 4.86. The Kier molecular flexibility index (Phi) is 3.70. The highest BCUT2D eigenvalue weighted by molar-refractivity contribution is 9.10. The van der Waals surface area contributed by atoms with Gasteiger partial charge in [0.25, 0.3) is 0 Å². The third-order valence-electron chi connectivity index (χ3n) is 2.83. The summed E-state index contributed by atoms with van der Waals surface area (Å²) in [6, 6.07) is 6.27. The van der Waals surface area contributed by atoms with Crippen LogP contribution in [0.2, 0.25) is 5.02 Å². The van der Waals surface area contributed by atoms with E-state index in [1.807, 2.05) is 12.1 Å². The molecule has 1 saturated carbocycles. The lowest BCUT2D eigenvalue weighted by Crippen LogP contribution is -2.23. The first-order valence-corrected chi connectivity index (χ1v) is 6.52. The molecule has 1 aliphatic rings. The highest BCUT2D eigenvalue weighted by atomic mass is 79.9. The van der Waals surface area contributed by atoms with E-state index in [4.69, 9.17) is 17.3 Å². The molecule has 1 fully saturated rings. The Bertz CT molecular complexity index is 349. The highest BCUT2D eigenvalue weighted by Crippen LogP contribution is 2.34. The molecule has 1 aromatic rings. The molecule has 1 aromatic carbocycles. The Hall–Kier alpha value is -0.0500. The molecule has 0 spiro atoms. The number of benzene rings is 1. The van der Waals surface area contributed by atoms with Gasteiger partial charge in [0.05, 0.1) is 0 Å². The van der Waals surface area contributed by atoms with Crippen molar-refractivity contribution >= 4 is 27.5 Å². The highest BCUT2D eigenvalue weighted by Gasteiger charge is 2.24.